The summed E-state index contributed by atoms with van der Waals surface area (Å²) in [5.41, 5.74) is 2.23. The van der Waals surface area contributed by atoms with E-state index in [1.807, 2.05) is 36.0 Å². The van der Waals surface area contributed by atoms with Crippen molar-refractivity contribution in [3.05, 3.63) is 71.3 Å². The first-order valence-electron chi connectivity index (χ1n) is 10.9. The Morgan fingerprint density at radius 1 is 1.09 bits per heavy atom. The molecule has 0 aliphatic carbocycles. The molecule has 1 aliphatic heterocycles. The number of hydrogen-bond acceptors (Lipinski definition) is 8. The third-order valence-corrected chi connectivity index (χ3v) is 5.71. The van der Waals surface area contributed by atoms with Crippen LogP contribution in [0.2, 0.25) is 0 Å². The average Bonchev–Trinajstić information content (AvgIpc) is 3.54. The van der Waals surface area contributed by atoms with Crippen molar-refractivity contribution < 1.29 is 33.1 Å². The van der Waals surface area contributed by atoms with Gasteiger partial charge in [-0.1, -0.05) is 0 Å². The highest BCUT2D eigenvalue weighted by Crippen LogP contribution is 2.36. The zero-order chi connectivity index (χ0) is 24.5. The molecule has 2 aromatic heterocycles. The van der Waals surface area contributed by atoms with Gasteiger partial charge in [0, 0.05) is 48.3 Å². The summed E-state index contributed by atoms with van der Waals surface area (Å²) >= 11 is 0. The largest absolute Gasteiger partial charge is 0.497 e. The molecule has 0 radical (unpaired) electrons. The normalized spacial score (nSPS) is 13.7. The second-order valence-corrected chi connectivity index (χ2v) is 7.99. The lowest BCUT2D eigenvalue weighted by molar-refractivity contribution is -0.134. The van der Waals surface area contributed by atoms with E-state index in [4.69, 9.17) is 23.5 Å². The molecule has 3 heterocycles. The number of methoxy groups -OCH3 is 2. The van der Waals surface area contributed by atoms with Gasteiger partial charge < -0.3 is 28.0 Å². The number of benzene rings is 2. The molecule has 0 spiro atoms. The van der Waals surface area contributed by atoms with Gasteiger partial charge in [-0.3, -0.25) is 9.59 Å². The lowest BCUT2D eigenvalue weighted by Gasteiger charge is -2.05. The third kappa shape index (κ3) is 4.35. The van der Waals surface area contributed by atoms with Crippen molar-refractivity contribution >= 4 is 28.7 Å². The van der Waals surface area contributed by atoms with Crippen molar-refractivity contribution in [2.24, 2.45) is 7.05 Å². The molecule has 0 bridgehead atoms. The Kier molecular flexibility index (Phi) is 5.74. The molecule has 9 heteroatoms. The summed E-state index contributed by atoms with van der Waals surface area (Å²) in [6.45, 7) is 0. The summed E-state index contributed by atoms with van der Waals surface area (Å²) in [6, 6.07) is 12.1. The molecule has 178 valence electrons. The molecular weight excluding hydrogens is 452 g/mol. The van der Waals surface area contributed by atoms with Gasteiger partial charge >= 0.3 is 5.97 Å². The van der Waals surface area contributed by atoms with Crippen LogP contribution in [0.1, 0.15) is 28.1 Å². The second-order valence-electron chi connectivity index (χ2n) is 7.99. The first-order valence-corrected chi connectivity index (χ1v) is 10.9. The van der Waals surface area contributed by atoms with E-state index in [1.165, 1.54) is 13.2 Å². The van der Waals surface area contributed by atoms with E-state index < -0.39 is 5.97 Å². The third-order valence-electron chi connectivity index (χ3n) is 5.71. The molecule has 0 atom stereocenters. The standard InChI is InChI=1S/C26H22N2O7/c1-28-14-15(20-11-16(31-2)5-8-21(20)28)10-23-26(30)19-7-4-17(12-22(19)34-23)33-25(29)9-6-18-13-24(32-3)27-35-18/h4-5,7-8,10-14H,6,9H2,1-3H3/b23-10-. The van der Waals surface area contributed by atoms with Crippen molar-refractivity contribution in [2.75, 3.05) is 14.2 Å². The molecule has 5 rings (SSSR count). The van der Waals surface area contributed by atoms with Crippen LogP contribution in [0.4, 0.5) is 0 Å². The van der Waals surface area contributed by atoms with Gasteiger partial charge in [0.1, 0.15) is 23.0 Å². The van der Waals surface area contributed by atoms with Crippen LogP contribution in [0, 0.1) is 0 Å². The number of carbonyl (C=O) groups is 2. The van der Waals surface area contributed by atoms with Gasteiger partial charge in [-0.2, -0.15) is 0 Å². The summed E-state index contributed by atoms with van der Waals surface area (Å²) in [5, 5.41) is 4.63. The minimum Gasteiger partial charge on any atom is -0.497 e. The number of allylic oxidation sites excluding steroid dienone is 1. The Labute approximate surface area is 200 Å². The quantitative estimate of drug-likeness (QED) is 0.222. The smallest absolute Gasteiger partial charge is 0.311 e. The van der Waals surface area contributed by atoms with E-state index in [2.05, 4.69) is 5.16 Å². The number of nitrogens with zero attached hydrogens (tertiary/aromatic N) is 2. The van der Waals surface area contributed by atoms with Crippen molar-refractivity contribution in [1.29, 1.82) is 0 Å². The highest BCUT2D eigenvalue weighted by Gasteiger charge is 2.28. The maximum Gasteiger partial charge on any atom is 0.311 e. The van der Waals surface area contributed by atoms with Crippen LogP contribution >= 0.6 is 0 Å². The van der Waals surface area contributed by atoms with Crippen LogP contribution in [0.25, 0.3) is 17.0 Å². The van der Waals surface area contributed by atoms with E-state index in [0.717, 1.165) is 22.2 Å². The van der Waals surface area contributed by atoms with Gasteiger partial charge in [0.15, 0.2) is 5.76 Å². The SMILES string of the molecule is COc1ccc2c(c1)c(/C=C1\Oc3cc(OC(=O)CCc4cc(OC)no4)ccc3C1=O)cn2C. The van der Waals surface area contributed by atoms with Crippen LogP contribution in [0.15, 0.2) is 58.9 Å². The van der Waals surface area contributed by atoms with Gasteiger partial charge in [-0.25, -0.2) is 0 Å². The zero-order valence-electron chi connectivity index (χ0n) is 19.4. The first kappa shape index (κ1) is 22.3. The van der Waals surface area contributed by atoms with Crippen molar-refractivity contribution in [2.45, 2.75) is 12.8 Å². The van der Waals surface area contributed by atoms with Crippen molar-refractivity contribution in [3.8, 4) is 23.1 Å². The number of aromatic nitrogens is 2. The molecule has 0 amide bonds. The fourth-order valence-electron chi connectivity index (χ4n) is 3.93. The van der Waals surface area contributed by atoms with E-state index in [1.54, 1.807) is 31.4 Å². The monoisotopic (exact) mass is 474 g/mol. The Morgan fingerprint density at radius 2 is 1.91 bits per heavy atom. The average molecular weight is 474 g/mol. The van der Waals surface area contributed by atoms with Crippen LogP contribution in [-0.4, -0.2) is 35.7 Å². The maximum absolute atomic E-state index is 12.9. The van der Waals surface area contributed by atoms with E-state index >= 15 is 0 Å². The molecule has 0 saturated carbocycles. The van der Waals surface area contributed by atoms with Gasteiger partial charge in [0.05, 0.1) is 26.2 Å². The summed E-state index contributed by atoms with van der Waals surface area (Å²) in [6.07, 6.45) is 4.04. The second kappa shape index (κ2) is 9.02. The highest BCUT2D eigenvalue weighted by atomic mass is 16.5. The molecule has 35 heavy (non-hydrogen) atoms. The molecule has 4 aromatic rings. The van der Waals surface area contributed by atoms with Gasteiger partial charge in [-0.15, -0.1) is 0 Å². The lowest BCUT2D eigenvalue weighted by atomic mass is 10.1. The summed E-state index contributed by atoms with van der Waals surface area (Å²) in [4.78, 5) is 25.2. The number of fused-ring (bicyclic) bond motifs is 2. The van der Waals surface area contributed by atoms with E-state index in [9.17, 15) is 9.59 Å². The Balaban J connectivity index is 1.31. The minimum atomic E-state index is -0.454. The molecule has 1 aliphatic rings. The summed E-state index contributed by atoms with van der Waals surface area (Å²) in [5.74, 6) is 1.71. The topological polar surface area (TPSA) is 102 Å². The molecule has 0 fully saturated rings. The molecule has 2 aromatic carbocycles. The van der Waals surface area contributed by atoms with Crippen LogP contribution < -0.4 is 18.9 Å². The fraction of sp³-hybridized carbons (Fsp3) is 0.192. The summed E-state index contributed by atoms with van der Waals surface area (Å²) < 4.78 is 28.6. The van der Waals surface area contributed by atoms with Gasteiger partial charge in [-0.05, 0) is 41.6 Å². The highest BCUT2D eigenvalue weighted by molar-refractivity contribution is 6.15. The number of esters is 1. The molecule has 9 nitrogen and oxygen atoms in total. The zero-order valence-corrected chi connectivity index (χ0v) is 19.4. The summed E-state index contributed by atoms with van der Waals surface area (Å²) in [7, 11) is 5.02. The Hall–Kier alpha value is -4.53. The van der Waals surface area contributed by atoms with E-state index in [-0.39, 0.29) is 23.7 Å². The molecule has 0 saturated heterocycles. The number of carbonyl (C=O) groups excluding carboxylic acids is 2. The number of ketones is 1. The molecular formula is C26H22N2O7. The number of aryl methyl sites for hydroxylation is 2. The molecule has 0 unspecified atom stereocenters. The predicted octanol–water partition coefficient (Wildman–Crippen LogP) is 4.34. The van der Waals surface area contributed by atoms with Crippen LogP contribution in [0.3, 0.4) is 0 Å². The Morgan fingerprint density at radius 3 is 2.69 bits per heavy atom. The first-order chi connectivity index (χ1) is 16.9. The number of ether oxygens (including phenoxy) is 4. The number of hydrogen-bond donors (Lipinski definition) is 0. The number of Topliss-reactive ketones (excluding diaryl/α,β-unsaturated/α-hetero) is 1. The van der Waals surface area contributed by atoms with Crippen molar-refractivity contribution in [1.82, 2.24) is 9.72 Å². The fourth-order valence-corrected chi connectivity index (χ4v) is 3.93. The Bertz CT molecular complexity index is 1480. The predicted molar refractivity (Wildman–Crippen MR) is 126 cm³/mol. The van der Waals surface area contributed by atoms with Crippen LogP contribution in [-0.2, 0) is 18.3 Å². The minimum absolute atomic E-state index is 0.0882. The maximum atomic E-state index is 12.9. The molecule has 0 N–H and O–H groups in total. The van der Waals surface area contributed by atoms with E-state index in [0.29, 0.717) is 29.4 Å². The number of rotatable bonds is 7. The van der Waals surface area contributed by atoms with Gasteiger partial charge in [0.2, 0.25) is 5.78 Å². The van der Waals surface area contributed by atoms with Gasteiger partial charge in [0.25, 0.3) is 5.88 Å². The lowest BCUT2D eigenvalue weighted by Crippen LogP contribution is -2.08. The van der Waals surface area contributed by atoms with Crippen molar-refractivity contribution in [3.63, 3.8) is 0 Å². The van der Waals surface area contributed by atoms with Crippen LogP contribution in [0.5, 0.6) is 23.1 Å².